The molecule has 0 radical (unpaired) electrons. The Morgan fingerprint density at radius 3 is 2.52 bits per heavy atom. The van der Waals surface area contributed by atoms with E-state index in [1.807, 2.05) is 25.3 Å². The molecule has 0 saturated heterocycles. The summed E-state index contributed by atoms with van der Waals surface area (Å²) in [4.78, 5) is 17.0. The lowest BCUT2D eigenvalue weighted by Gasteiger charge is -2.06. The number of thioether (sulfide) groups is 1. The van der Waals surface area contributed by atoms with Crippen LogP contribution >= 0.6 is 11.8 Å². The molecule has 1 heterocycles. The summed E-state index contributed by atoms with van der Waals surface area (Å²) in [6, 6.07) is 10.5. The summed E-state index contributed by atoms with van der Waals surface area (Å²) in [5.74, 6) is -0.500. The van der Waals surface area contributed by atoms with Crippen LogP contribution in [-0.2, 0) is 9.73 Å². The molecule has 1 atom stereocenters. The number of nitrogens with zero attached hydrogens (tertiary/aromatic N) is 2. The van der Waals surface area contributed by atoms with Crippen LogP contribution in [-0.4, -0.2) is 27.6 Å². The number of carbonyl (C=O) groups is 1. The number of aromatic nitrogens is 1. The molecule has 0 bridgehead atoms. The first-order valence-corrected chi connectivity index (χ1v) is 9.41. The molecule has 6 heteroatoms. The Morgan fingerprint density at radius 2 is 1.90 bits per heavy atom. The van der Waals surface area contributed by atoms with Crippen LogP contribution in [0.15, 0.2) is 56.9 Å². The molecule has 21 heavy (non-hydrogen) atoms. The van der Waals surface area contributed by atoms with Gasteiger partial charge in [-0.15, -0.1) is 11.8 Å². The number of aryl methyl sites for hydroxylation is 1. The van der Waals surface area contributed by atoms with Crippen LogP contribution in [0, 0.1) is 6.92 Å². The maximum absolute atomic E-state index is 12.7. The minimum absolute atomic E-state index is 0.381. The maximum Gasteiger partial charge on any atom is 0.288 e. The van der Waals surface area contributed by atoms with Crippen LogP contribution in [0.3, 0.4) is 0 Å². The van der Waals surface area contributed by atoms with Crippen molar-refractivity contribution in [2.24, 2.45) is 4.36 Å². The Balaban J connectivity index is 2.44. The molecule has 0 saturated carbocycles. The number of rotatable bonds is 3. The van der Waals surface area contributed by atoms with Gasteiger partial charge in [-0.1, -0.05) is 17.7 Å². The molecule has 110 valence electrons. The van der Waals surface area contributed by atoms with Crippen molar-refractivity contribution in [3.8, 4) is 0 Å². The summed E-state index contributed by atoms with van der Waals surface area (Å²) >= 11 is 1.36. The highest BCUT2D eigenvalue weighted by Crippen LogP contribution is 2.20. The largest absolute Gasteiger partial charge is 0.288 e. The van der Waals surface area contributed by atoms with E-state index in [1.165, 1.54) is 18.0 Å². The van der Waals surface area contributed by atoms with Gasteiger partial charge in [0.2, 0.25) is 0 Å². The van der Waals surface area contributed by atoms with Gasteiger partial charge in [0.15, 0.2) is 0 Å². The molecule has 0 spiro atoms. The van der Waals surface area contributed by atoms with Crippen LogP contribution in [0.2, 0.25) is 0 Å². The second-order valence-corrected chi connectivity index (χ2v) is 7.63. The number of benzene rings is 1. The predicted octanol–water partition coefficient (Wildman–Crippen LogP) is 3.41. The summed E-state index contributed by atoms with van der Waals surface area (Å²) in [6.45, 7) is 1.95. The molecule has 0 N–H and O–H groups in total. The molecule has 0 aliphatic rings. The first-order chi connectivity index (χ1) is 9.94. The van der Waals surface area contributed by atoms with Gasteiger partial charge in [0, 0.05) is 17.3 Å². The van der Waals surface area contributed by atoms with Crippen LogP contribution in [0.5, 0.6) is 0 Å². The van der Waals surface area contributed by atoms with E-state index < -0.39 is 15.6 Å². The zero-order chi connectivity index (χ0) is 15.5. The van der Waals surface area contributed by atoms with E-state index in [0.717, 1.165) is 5.56 Å². The van der Waals surface area contributed by atoms with E-state index in [1.54, 1.807) is 30.5 Å². The molecule has 1 aromatic heterocycles. The van der Waals surface area contributed by atoms with E-state index in [2.05, 4.69) is 9.35 Å². The predicted molar refractivity (Wildman–Crippen MR) is 86.3 cm³/mol. The van der Waals surface area contributed by atoms with E-state index in [-0.39, 0.29) is 0 Å². The van der Waals surface area contributed by atoms with E-state index in [9.17, 15) is 9.00 Å². The second-order valence-electron chi connectivity index (χ2n) is 4.57. The lowest BCUT2D eigenvalue weighted by Crippen LogP contribution is -2.05. The van der Waals surface area contributed by atoms with Gasteiger partial charge in [-0.3, -0.25) is 4.79 Å². The monoisotopic (exact) mass is 320 g/mol. The smallest absolute Gasteiger partial charge is 0.266 e. The first kappa shape index (κ1) is 15.7. The number of carbonyl (C=O) groups excluding carboxylic acids is 1. The lowest BCUT2D eigenvalue weighted by molar-refractivity contribution is 0.100. The molecule has 2 rings (SSSR count). The Hall–Kier alpha value is -1.66. The Labute approximate surface area is 129 Å². The van der Waals surface area contributed by atoms with Crippen molar-refractivity contribution in [2.75, 3.05) is 12.5 Å². The van der Waals surface area contributed by atoms with E-state index in [0.29, 0.717) is 15.5 Å². The van der Waals surface area contributed by atoms with Crippen molar-refractivity contribution in [3.05, 3.63) is 53.7 Å². The van der Waals surface area contributed by atoms with Gasteiger partial charge >= 0.3 is 0 Å². The van der Waals surface area contributed by atoms with E-state index >= 15 is 0 Å². The molecule has 0 aliphatic carbocycles. The average Bonchev–Trinajstić information content (AvgIpc) is 2.47. The van der Waals surface area contributed by atoms with Crippen LogP contribution < -0.4 is 0 Å². The molecule has 0 aliphatic heterocycles. The molecule has 0 fully saturated rings. The molecular formula is C15H16N2O2S2. The normalized spacial score (nSPS) is 13.5. The fourth-order valence-corrected chi connectivity index (χ4v) is 3.47. The Morgan fingerprint density at radius 1 is 1.24 bits per heavy atom. The standard InChI is InChI=1S/C15H16N2O2S2/c1-11-6-8-12(9-7-11)21(3,19)17-14(18)13-5-4-10-16-15(13)20-2/h4-10H,1-3H3. The van der Waals surface area contributed by atoms with Crippen molar-refractivity contribution in [2.45, 2.75) is 16.8 Å². The molecule has 2 aromatic rings. The number of pyridine rings is 1. The summed E-state index contributed by atoms with van der Waals surface area (Å²) < 4.78 is 16.6. The fraction of sp³-hybridized carbons (Fsp3) is 0.200. The molecular weight excluding hydrogens is 304 g/mol. The first-order valence-electron chi connectivity index (χ1n) is 6.26. The third-order valence-electron chi connectivity index (χ3n) is 2.91. The topological polar surface area (TPSA) is 59.4 Å². The summed E-state index contributed by atoms with van der Waals surface area (Å²) in [5.41, 5.74) is 1.45. The van der Waals surface area contributed by atoms with Gasteiger partial charge in [0.1, 0.15) is 5.03 Å². The minimum atomic E-state index is -2.76. The number of hydrogen-bond donors (Lipinski definition) is 0. The quantitative estimate of drug-likeness (QED) is 0.813. The van der Waals surface area contributed by atoms with Crippen molar-refractivity contribution < 1.29 is 9.00 Å². The minimum Gasteiger partial charge on any atom is -0.266 e. The van der Waals surface area contributed by atoms with Crippen LogP contribution in [0.1, 0.15) is 15.9 Å². The van der Waals surface area contributed by atoms with Gasteiger partial charge in [-0.05, 0) is 37.4 Å². The third-order valence-corrected chi connectivity index (χ3v) is 5.28. The molecule has 1 unspecified atom stereocenters. The van der Waals surface area contributed by atoms with Gasteiger partial charge in [-0.2, -0.15) is 4.36 Å². The van der Waals surface area contributed by atoms with Crippen molar-refractivity contribution in [1.82, 2.24) is 4.98 Å². The zero-order valence-corrected chi connectivity index (χ0v) is 13.7. The van der Waals surface area contributed by atoms with Gasteiger partial charge < -0.3 is 0 Å². The average molecular weight is 320 g/mol. The van der Waals surface area contributed by atoms with Crippen molar-refractivity contribution in [3.63, 3.8) is 0 Å². The van der Waals surface area contributed by atoms with Gasteiger partial charge in [0.05, 0.1) is 15.3 Å². The number of amides is 1. The SMILES string of the molecule is CSc1ncccc1C(=O)N=S(C)(=O)c1ccc(C)cc1. The molecule has 1 aromatic carbocycles. The molecule has 1 amide bonds. The van der Waals surface area contributed by atoms with E-state index in [4.69, 9.17) is 0 Å². The highest BCUT2D eigenvalue weighted by atomic mass is 32.2. The highest BCUT2D eigenvalue weighted by Gasteiger charge is 2.14. The summed E-state index contributed by atoms with van der Waals surface area (Å²) in [6.07, 6.45) is 4.93. The maximum atomic E-state index is 12.7. The summed E-state index contributed by atoms with van der Waals surface area (Å²) in [5, 5.41) is 0.588. The second kappa shape index (κ2) is 6.41. The van der Waals surface area contributed by atoms with Crippen molar-refractivity contribution >= 4 is 27.4 Å². The van der Waals surface area contributed by atoms with Crippen LogP contribution in [0.4, 0.5) is 0 Å². The Kier molecular flexibility index (Phi) is 4.80. The Bertz CT molecular complexity index is 777. The fourth-order valence-electron chi connectivity index (χ4n) is 1.77. The number of hydrogen-bond acceptors (Lipinski definition) is 4. The van der Waals surface area contributed by atoms with Gasteiger partial charge in [-0.25, -0.2) is 9.19 Å². The van der Waals surface area contributed by atoms with Crippen molar-refractivity contribution in [1.29, 1.82) is 0 Å². The zero-order valence-electron chi connectivity index (χ0n) is 12.1. The highest BCUT2D eigenvalue weighted by molar-refractivity contribution is 7.98. The van der Waals surface area contributed by atoms with Gasteiger partial charge in [0.25, 0.3) is 5.91 Å². The molecule has 4 nitrogen and oxygen atoms in total. The lowest BCUT2D eigenvalue weighted by atomic mass is 10.2. The third kappa shape index (κ3) is 3.71. The van der Waals surface area contributed by atoms with Crippen LogP contribution in [0.25, 0.3) is 0 Å². The summed E-state index contributed by atoms with van der Waals surface area (Å²) in [7, 11) is -2.76.